The lowest BCUT2D eigenvalue weighted by molar-refractivity contribution is 0.693. The summed E-state index contributed by atoms with van der Waals surface area (Å²) in [6.45, 7) is 1.43. The zero-order chi connectivity index (χ0) is 13.1. The Morgan fingerprint density at radius 1 is 1.42 bits per heavy atom. The number of aromatic nitrogens is 5. The third-order valence-electron chi connectivity index (χ3n) is 2.46. The second-order valence-corrected chi connectivity index (χ2v) is 5.95. The third-order valence-corrected chi connectivity index (χ3v) is 3.81. The Bertz CT molecular complexity index is 644. The zero-order valence-corrected chi connectivity index (χ0v) is 12.3. The summed E-state index contributed by atoms with van der Waals surface area (Å²) in [4.78, 5) is 5.49. The lowest BCUT2D eigenvalue weighted by atomic mass is 10.4. The van der Waals surface area contributed by atoms with Gasteiger partial charge in [0.25, 0.3) is 0 Å². The van der Waals surface area contributed by atoms with Crippen LogP contribution in [-0.4, -0.2) is 25.0 Å². The molecule has 0 saturated heterocycles. The highest BCUT2D eigenvalue weighted by Crippen LogP contribution is 2.20. The quantitative estimate of drug-likeness (QED) is 0.749. The number of nitrogens with zero attached hydrogens (tertiary/aromatic N) is 4. The Morgan fingerprint density at radius 3 is 3.11 bits per heavy atom. The Labute approximate surface area is 122 Å². The molecule has 3 rings (SSSR count). The highest BCUT2D eigenvalue weighted by atomic mass is 79.9. The van der Waals surface area contributed by atoms with Crippen molar-refractivity contribution in [3.8, 4) is 0 Å². The minimum absolute atomic E-state index is 0.695. The molecule has 0 spiro atoms. The van der Waals surface area contributed by atoms with Crippen molar-refractivity contribution in [1.29, 1.82) is 0 Å². The summed E-state index contributed by atoms with van der Waals surface area (Å²) in [5.74, 6) is 0. The SMILES string of the molecule is Brc1cnn(Cc2cnc(NCc3ccn[nH]3)s2)c1. The van der Waals surface area contributed by atoms with Crippen LogP contribution in [0.3, 0.4) is 0 Å². The monoisotopic (exact) mass is 338 g/mol. The van der Waals surface area contributed by atoms with Crippen molar-refractivity contribution < 1.29 is 0 Å². The van der Waals surface area contributed by atoms with E-state index in [1.165, 1.54) is 0 Å². The van der Waals surface area contributed by atoms with Crippen molar-refractivity contribution in [1.82, 2.24) is 25.0 Å². The number of aromatic amines is 1. The van der Waals surface area contributed by atoms with Crippen LogP contribution in [-0.2, 0) is 13.1 Å². The number of hydrogen-bond acceptors (Lipinski definition) is 5. The van der Waals surface area contributed by atoms with Crippen molar-refractivity contribution in [3.05, 3.63) is 45.9 Å². The van der Waals surface area contributed by atoms with Gasteiger partial charge in [-0.2, -0.15) is 10.2 Å². The van der Waals surface area contributed by atoms with Crippen LogP contribution in [0, 0.1) is 0 Å². The molecule has 0 aliphatic heterocycles. The van der Waals surface area contributed by atoms with E-state index in [2.05, 4.69) is 41.5 Å². The van der Waals surface area contributed by atoms with E-state index in [1.807, 2.05) is 23.1 Å². The van der Waals surface area contributed by atoms with Crippen LogP contribution in [0.15, 0.2) is 35.3 Å². The zero-order valence-electron chi connectivity index (χ0n) is 9.88. The second-order valence-electron chi connectivity index (χ2n) is 3.92. The fraction of sp³-hybridized carbons (Fsp3) is 0.182. The molecule has 0 atom stereocenters. The van der Waals surface area contributed by atoms with Crippen molar-refractivity contribution in [2.24, 2.45) is 0 Å². The number of halogens is 1. The standard InChI is InChI=1S/C11H11BrN6S/c12-8-3-16-18(6-8)7-10-5-14-11(19-10)13-4-9-1-2-15-17-9/h1-3,5-6H,4,7H2,(H,13,14)(H,15,17). The molecule has 2 N–H and O–H groups in total. The molecular weight excluding hydrogens is 328 g/mol. The van der Waals surface area contributed by atoms with Crippen LogP contribution in [0.2, 0.25) is 0 Å². The van der Waals surface area contributed by atoms with E-state index in [1.54, 1.807) is 23.7 Å². The summed E-state index contributed by atoms with van der Waals surface area (Å²) in [6, 6.07) is 1.93. The predicted octanol–water partition coefficient (Wildman–Crippen LogP) is 2.49. The number of thiazole rings is 1. The van der Waals surface area contributed by atoms with Gasteiger partial charge in [0.15, 0.2) is 5.13 Å². The number of H-pyrrole nitrogens is 1. The van der Waals surface area contributed by atoms with E-state index in [9.17, 15) is 0 Å². The van der Waals surface area contributed by atoms with Crippen molar-refractivity contribution >= 4 is 32.4 Å². The molecule has 3 aromatic heterocycles. The fourth-order valence-corrected chi connectivity index (χ4v) is 2.73. The predicted molar refractivity (Wildman–Crippen MR) is 77.1 cm³/mol. The molecule has 6 nitrogen and oxygen atoms in total. The molecule has 0 aromatic carbocycles. The highest BCUT2D eigenvalue weighted by molar-refractivity contribution is 9.10. The van der Waals surface area contributed by atoms with Gasteiger partial charge in [-0.05, 0) is 22.0 Å². The van der Waals surface area contributed by atoms with Crippen LogP contribution in [0.25, 0.3) is 0 Å². The van der Waals surface area contributed by atoms with E-state index in [-0.39, 0.29) is 0 Å². The minimum Gasteiger partial charge on any atom is -0.356 e. The summed E-state index contributed by atoms with van der Waals surface area (Å²) in [7, 11) is 0. The fourth-order valence-electron chi connectivity index (χ4n) is 1.60. The van der Waals surface area contributed by atoms with Crippen LogP contribution in [0.1, 0.15) is 10.6 Å². The number of anilines is 1. The van der Waals surface area contributed by atoms with Crippen LogP contribution < -0.4 is 5.32 Å². The van der Waals surface area contributed by atoms with Gasteiger partial charge in [0.05, 0.1) is 29.5 Å². The first-order chi connectivity index (χ1) is 9.29. The molecule has 0 saturated carbocycles. The molecule has 19 heavy (non-hydrogen) atoms. The summed E-state index contributed by atoms with van der Waals surface area (Å²) in [6.07, 6.45) is 7.32. The van der Waals surface area contributed by atoms with Crippen molar-refractivity contribution in [2.75, 3.05) is 5.32 Å². The Morgan fingerprint density at radius 2 is 2.37 bits per heavy atom. The first kappa shape index (κ1) is 12.4. The molecule has 0 amide bonds. The third kappa shape index (κ3) is 3.21. The smallest absolute Gasteiger partial charge is 0.183 e. The van der Waals surface area contributed by atoms with Crippen LogP contribution in [0.5, 0.6) is 0 Å². The Kier molecular flexibility index (Phi) is 3.60. The number of hydrogen-bond donors (Lipinski definition) is 2. The van der Waals surface area contributed by atoms with Crippen LogP contribution >= 0.6 is 27.3 Å². The van der Waals surface area contributed by atoms with Crippen LogP contribution in [0.4, 0.5) is 5.13 Å². The average molecular weight is 339 g/mol. The molecule has 0 radical (unpaired) electrons. The van der Waals surface area contributed by atoms with E-state index in [0.717, 1.165) is 26.7 Å². The highest BCUT2D eigenvalue weighted by Gasteiger charge is 2.04. The van der Waals surface area contributed by atoms with Gasteiger partial charge in [-0.15, -0.1) is 11.3 Å². The molecular formula is C11H11BrN6S. The van der Waals surface area contributed by atoms with Crippen molar-refractivity contribution in [3.63, 3.8) is 0 Å². The maximum atomic E-state index is 4.34. The summed E-state index contributed by atoms with van der Waals surface area (Å²) in [5, 5.41) is 15.2. The summed E-state index contributed by atoms with van der Waals surface area (Å²) in [5.41, 5.74) is 1.03. The van der Waals surface area contributed by atoms with E-state index < -0.39 is 0 Å². The second kappa shape index (κ2) is 5.54. The molecule has 3 aromatic rings. The van der Waals surface area contributed by atoms with E-state index in [4.69, 9.17) is 0 Å². The largest absolute Gasteiger partial charge is 0.356 e. The minimum atomic E-state index is 0.695. The first-order valence-corrected chi connectivity index (χ1v) is 7.25. The van der Waals surface area contributed by atoms with Gasteiger partial charge in [-0.25, -0.2) is 4.98 Å². The Balaban J connectivity index is 1.60. The van der Waals surface area contributed by atoms with E-state index >= 15 is 0 Å². The first-order valence-electron chi connectivity index (χ1n) is 5.64. The Hall–Kier alpha value is -1.67. The van der Waals surface area contributed by atoms with E-state index in [0.29, 0.717) is 6.54 Å². The topological polar surface area (TPSA) is 71.4 Å². The number of rotatable bonds is 5. The van der Waals surface area contributed by atoms with Crippen molar-refractivity contribution in [2.45, 2.75) is 13.1 Å². The maximum absolute atomic E-state index is 4.34. The van der Waals surface area contributed by atoms with Gasteiger partial charge in [0.2, 0.25) is 0 Å². The molecule has 0 aliphatic carbocycles. The summed E-state index contributed by atoms with van der Waals surface area (Å²) < 4.78 is 2.85. The molecule has 0 unspecified atom stereocenters. The molecule has 98 valence electrons. The molecule has 0 bridgehead atoms. The normalized spacial score (nSPS) is 10.8. The lowest BCUT2D eigenvalue weighted by Gasteiger charge is -1.99. The average Bonchev–Trinajstić information content (AvgIpc) is 3.10. The van der Waals surface area contributed by atoms with Gasteiger partial charge in [-0.1, -0.05) is 0 Å². The van der Waals surface area contributed by atoms with Gasteiger partial charge >= 0.3 is 0 Å². The molecule has 0 fully saturated rings. The summed E-state index contributed by atoms with van der Waals surface area (Å²) >= 11 is 5.01. The van der Waals surface area contributed by atoms with Gasteiger partial charge in [0, 0.05) is 23.5 Å². The lowest BCUT2D eigenvalue weighted by Crippen LogP contribution is -1.98. The molecule has 0 aliphatic rings. The molecule has 3 heterocycles. The van der Waals surface area contributed by atoms with Gasteiger partial charge in [0.1, 0.15) is 0 Å². The van der Waals surface area contributed by atoms with Gasteiger partial charge < -0.3 is 5.32 Å². The molecule has 8 heteroatoms. The maximum Gasteiger partial charge on any atom is 0.183 e. The number of nitrogens with one attached hydrogen (secondary N) is 2. The van der Waals surface area contributed by atoms with Gasteiger partial charge in [-0.3, -0.25) is 9.78 Å².